The standard InChI is InChI=1S/C14H23N3O2S/c1-15-20(18,19)10-8-16-14-7-9-17(12-14)11-13-5-3-2-4-6-13/h2-6,14-16H,7-12H2,1H3. The second kappa shape index (κ2) is 7.17. The van der Waals surface area contributed by atoms with Gasteiger partial charge >= 0.3 is 0 Å². The number of nitrogens with one attached hydrogen (secondary N) is 2. The highest BCUT2D eigenvalue weighted by Crippen LogP contribution is 2.13. The Hall–Kier alpha value is -0.950. The summed E-state index contributed by atoms with van der Waals surface area (Å²) in [7, 11) is -1.65. The van der Waals surface area contributed by atoms with E-state index in [2.05, 4.69) is 39.2 Å². The van der Waals surface area contributed by atoms with Crippen LogP contribution in [-0.2, 0) is 16.6 Å². The monoisotopic (exact) mass is 297 g/mol. The molecule has 112 valence electrons. The van der Waals surface area contributed by atoms with E-state index in [0.717, 1.165) is 26.1 Å². The molecule has 0 bridgehead atoms. The smallest absolute Gasteiger partial charge is 0.212 e. The molecule has 20 heavy (non-hydrogen) atoms. The van der Waals surface area contributed by atoms with Crippen molar-refractivity contribution in [2.75, 3.05) is 32.4 Å². The highest BCUT2D eigenvalue weighted by Gasteiger charge is 2.22. The molecule has 1 aliphatic rings. The lowest BCUT2D eigenvalue weighted by molar-refractivity contribution is 0.321. The van der Waals surface area contributed by atoms with Gasteiger partial charge in [0.1, 0.15) is 0 Å². The molecule has 2 N–H and O–H groups in total. The molecular formula is C14H23N3O2S. The summed E-state index contributed by atoms with van der Waals surface area (Å²) in [5.41, 5.74) is 1.32. The maximum atomic E-state index is 11.3. The molecule has 0 amide bonds. The van der Waals surface area contributed by atoms with Crippen LogP contribution in [0, 0.1) is 0 Å². The number of hydrogen-bond acceptors (Lipinski definition) is 4. The minimum atomic E-state index is -3.10. The highest BCUT2D eigenvalue weighted by molar-refractivity contribution is 7.89. The first-order valence-electron chi connectivity index (χ1n) is 7.00. The fourth-order valence-electron chi connectivity index (χ4n) is 2.48. The van der Waals surface area contributed by atoms with Crippen molar-refractivity contribution in [1.29, 1.82) is 0 Å². The molecule has 0 saturated carbocycles. The lowest BCUT2D eigenvalue weighted by Crippen LogP contribution is -2.37. The molecule has 0 aromatic heterocycles. The molecule has 1 heterocycles. The van der Waals surface area contributed by atoms with Crippen LogP contribution in [0.4, 0.5) is 0 Å². The summed E-state index contributed by atoms with van der Waals surface area (Å²) in [4.78, 5) is 2.40. The number of sulfonamides is 1. The normalized spacial score (nSPS) is 20.4. The number of nitrogens with zero attached hydrogens (tertiary/aromatic N) is 1. The second-order valence-corrected chi connectivity index (χ2v) is 7.23. The highest BCUT2D eigenvalue weighted by atomic mass is 32.2. The lowest BCUT2D eigenvalue weighted by atomic mass is 10.2. The summed E-state index contributed by atoms with van der Waals surface area (Å²) in [5, 5.41) is 3.33. The van der Waals surface area contributed by atoms with E-state index in [0.29, 0.717) is 12.6 Å². The van der Waals surface area contributed by atoms with Gasteiger partial charge in [0.15, 0.2) is 0 Å². The van der Waals surface area contributed by atoms with Crippen LogP contribution in [0.25, 0.3) is 0 Å². The van der Waals surface area contributed by atoms with Crippen LogP contribution in [0.1, 0.15) is 12.0 Å². The molecule has 0 radical (unpaired) electrons. The molecule has 1 aromatic rings. The van der Waals surface area contributed by atoms with Gasteiger partial charge in [-0.1, -0.05) is 30.3 Å². The van der Waals surface area contributed by atoms with Crippen molar-refractivity contribution in [3.8, 4) is 0 Å². The average Bonchev–Trinajstić information content (AvgIpc) is 2.87. The fourth-order valence-corrected chi connectivity index (χ4v) is 3.07. The topological polar surface area (TPSA) is 61.4 Å². The van der Waals surface area contributed by atoms with Crippen molar-refractivity contribution in [1.82, 2.24) is 14.9 Å². The largest absolute Gasteiger partial charge is 0.312 e. The van der Waals surface area contributed by atoms with Gasteiger partial charge in [-0.25, -0.2) is 13.1 Å². The number of hydrogen-bond donors (Lipinski definition) is 2. The lowest BCUT2D eigenvalue weighted by Gasteiger charge is -2.16. The van der Waals surface area contributed by atoms with Gasteiger partial charge in [-0.15, -0.1) is 0 Å². The third kappa shape index (κ3) is 4.86. The minimum absolute atomic E-state index is 0.138. The SMILES string of the molecule is CNS(=O)(=O)CCNC1CCN(Cc2ccccc2)C1. The Morgan fingerprint density at radius 1 is 1.30 bits per heavy atom. The second-order valence-electron chi connectivity index (χ2n) is 5.18. The van der Waals surface area contributed by atoms with Gasteiger partial charge in [-0.2, -0.15) is 0 Å². The van der Waals surface area contributed by atoms with Crippen LogP contribution in [0.5, 0.6) is 0 Å². The van der Waals surface area contributed by atoms with E-state index in [-0.39, 0.29) is 5.75 Å². The summed E-state index contributed by atoms with van der Waals surface area (Å²) in [6.07, 6.45) is 1.08. The van der Waals surface area contributed by atoms with Gasteiger partial charge in [0, 0.05) is 32.2 Å². The summed E-state index contributed by atoms with van der Waals surface area (Å²) in [6.45, 7) is 3.51. The maximum Gasteiger partial charge on any atom is 0.212 e. The van der Waals surface area contributed by atoms with E-state index in [1.807, 2.05) is 6.07 Å². The maximum absolute atomic E-state index is 11.3. The van der Waals surface area contributed by atoms with Crippen LogP contribution in [0.3, 0.4) is 0 Å². The van der Waals surface area contributed by atoms with Crippen LogP contribution in [0.15, 0.2) is 30.3 Å². The molecule has 1 unspecified atom stereocenters. The van der Waals surface area contributed by atoms with Crippen LogP contribution < -0.4 is 10.0 Å². The van der Waals surface area contributed by atoms with Crippen molar-refractivity contribution in [3.05, 3.63) is 35.9 Å². The number of rotatable bonds is 7. The van der Waals surface area contributed by atoms with E-state index in [1.165, 1.54) is 12.6 Å². The van der Waals surface area contributed by atoms with Gasteiger partial charge in [0.25, 0.3) is 0 Å². The third-order valence-corrected chi connectivity index (χ3v) is 5.00. The van der Waals surface area contributed by atoms with Gasteiger partial charge in [-0.3, -0.25) is 4.90 Å². The van der Waals surface area contributed by atoms with E-state index < -0.39 is 10.0 Å². The summed E-state index contributed by atoms with van der Waals surface area (Å²) in [6, 6.07) is 10.8. The zero-order valence-corrected chi connectivity index (χ0v) is 12.7. The van der Waals surface area contributed by atoms with Crippen molar-refractivity contribution in [3.63, 3.8) is 0 Å². The zero-order valence-electron chi connectivity index (χ0n) is 11.9. The molecule has 5 nitrogen and oxygen atoms in total. The van der Waals surface area contributed by atoms with E-state index in [1.54, 1.807) is 0 Å². The molecule has 1 aromatic carbocycles. The Morgan fingerprint density at radius 3 is 2.75 bits per heavy atom. The van der Waals surface area contributed by atoms with E-state index >= 15 is 0 Å². The van der Waals surface area contributed by atoms with Crippen LogP contribution in [-0.4, -0.2) is 51.8 Å². The van der Waals surface area contributed by atoms with Gasteiger partial charge in [0.05, 0.1) is 5.75 Å². The molecule has 0 aliphatic carbocycles. The number of benzene rings is 1. The quantitative estimate of drug-likeness (QED) is 0.765. The van der Waals surface area contributed by atoms with Gasteiger partial charge < -0.3 is 5.32 Å². The average molecular weight is 297 g/mol. The predicted octanol–water partition coefficient (Wildman–Crippen LogP) is 0.400. The molecule has 1 saturated heterocycles. The van der Waals surface area contributed by atoms with Gasteiger partial charge in [0.2, 0.25) is 10.0 Å². The zero-order chi connectivity index (χ0) is 14.4. The van der Waals surface area contributed by atoms with Crippen molar-refractivity contribution in [2.45, 2.75) is 19.0 Å². The summed E-state index contributed by atoms with van der Waals surface area (Å²) >= 11 is 0. The summed E-state index contributed by atoms with van der Waals surface area (Å²) < 4.78 is 25.0. The first-order valence-corrected chi connectivity index (χ1v) is 8.65. The number of likely N-dealkylation sites (tertiary alicyclic amines) is 1. The molecule has 1 atom stereocenters. The molecule has 0 spiro atoms. The Kier molecular flexibility index (Phi) is 5.54. The Labute approximate surface area is 121 Å². The Morgan fingerprint density at radius 2 is 2.05 bits per heavy atom. The molecule has 1 aliphatic heterocycles. The third-order valence-electron chi connectivity index (χ3n) is 3.64. The van der Waals surface area contributed by atoms with Crippen molar-refractivity contribution in [2.24, 2.45) is 0 Å². The molecule has 1 fully saturated rings. The Balaban J connectivity index is 1.70. The minimum Gasteiger partial charge on any atom is -0.312 e. The van der Waals surface area contributed by atoms with Crippen LogP contribution >= 0.6 is 0 Å². The Bertz CT molecular complexity index is 504. The first kappa shape index (κ1) is 15.4. The van der Waals surface area contributed by atoms with Crippen molar-refractivity contribution < 1.29 is 8.42 Å². The predicted molar refractivity (Wildman–Crippen MR) is 81.0 cm³/mol. The first-order chi connectivity index (χ1) is 9.59. The van der Waals surface area contributed by atoms with E-state index in [4.69, 9.17) is 0 Å². The molecular weight excluding hydrogens is 274 g/mol. The van der Waals surface area contributed by atoms with Crippen molar-refractivity contribution >= 4 is 10.0 Å². The summed E-state index contributed by atoms with van der Waals surface area (Å²) in [5.74, 6) is 0.138. The molecule has 2 rings (SSSR count). The molecule has 6 heteroatoms. The fraction of sp³-hybridized carbons (Fsp3) is 0.571. The van der Waals surface area contributed by atoms with Crippen LogP contribution in [0.2, 0.25) is 0 Å². The van der Waals surface area contributed by atoms with E-state index in [9.17, 15) is 8.42 Å². The van der Waals surface area contributed by atoms with Gasteiger partial charge in [-0.05, 0) is 19.0 Å².